The third kappa shape index (κ3) is 4.79. The zero-order chi connectivity index (χ0) is 15.2. The second-order valence-electron chi connectivity index (χ2n) is 5.73. The Bertz CT molecular complexity index is 510. The number of hydrogen-bond donors (Lipinski definition) is 2. The van der Waals surface area contributed by atoms with Gasteiger partial charge in [0.25, 0.3) is 0 Å². The third-order valence-corrected chi connectivity index (χ3v) is 4.22. The molecular weight excluding hydrogens is 282 g/mol. The molecule has 0 aliphatic carbocycles. The molecule has 2 rings (SSSR count). The Balaban J connectivity index is 1.83. The van der Waals surface area contributed by atoms with Gasteiger partial charge in [-0.1, -0.05) is 31.3 Å². The van der Waals surface area contributed by atoms with E-state index >= 15 is 0 Å². The number of rotatable bonds is 5. The Morgan fingerprint density at radius 2 is 2.05 bits per heavy atom. The number of likely N-dealkylation sites (tertiary alicyclic amines) is 1. The minimum Gasteiger partial charge on any atom is -0.389 e. The lowest BCUT2D eigenvalue weighted by Crippen LogP contribution is -2.35. The lowest BCUT2D eigenvalue weighted by Gasteiger charge is -2.29. The zero-order valence-corrected chi connectivity index (χ0v) is 13.3. The number of amides is 1. The van der Waals surface area contributed by atoms with Gasteiger partial charge in [-0.05, 0) is 44.0 Å². The summed E-state index contributed by atoms with van der Waals surface area (Å²) in [4.78, 5) is 14.7. The molecule has 1 heterocycles. The van der Waals surface area contributed by atoms with E-state index in [4.69, 9.17) is 18.0 Å². The van der Waals surface area contributed by atoms with E-state index in [2.05, 4.69) is 17.1 Å². The van der Waals surface area contributed by atoms with Gasteiger partial charge < -0.3 is 16.0 Å². The molecule has 0 saturated carbocycles. The molecule has 21 heavy (non-hydrogen) atoms. The molecule has 0 unspecified atom stereocenters. The predicted molar refractivity (Wildman–Crippen MR) is 90.4 cm³/mol. The minimum absolute atomic E-state index is 0.0114. The molecule has 0 bridgehead atoms. The summed E-state index contributed by atoms with van der Waals surface area (Å²) in [6.07, 6.45) is 2.96. The fraction of sp³-hybridized carbons (Fsp3) is 0.500. The number of hydrogen-bond acceptors (Lipinski definition) is 3. The van der Waals surface area contributed by atoms with Crippen molar-refractivity contribution in [3.63, 3.8) is 0 Å². The summed E-state index contributed by atoms with van der Waals surface area (Å²) in [7, 11) is 0. The normalized spacial score (nSPS) is 16.6. The summed E-state index contributed by atoms with van der Waals surface area (Å²) >= 11 is 5.00. The maximum absolute atomic E-state index is 12.1. The Morgan fingerprint density at radius 1 is 1.38 bits per heavy atom. The van der Waals surface area contributed by atoms with Crippen molar-refractivity contribution in [2.24, 2.45) is 11.7 Å². The van der Waals surface area contributed by atoms with Gasteiger partial charge in [0.05, 0.1) is 5.69 Å². The molecule has 1 saturated heterocycles. The summed E-state index contributed by atoms with van der Waals surface area (Å²) in [5.41, 5.74) is 7.08. The van der Waals surface area contributed by atoms with E-state index in [9.17, 15) is 4.79 Å². The van der Waals surface area contributed by atoms with Gasteiger partial charge in [-0.2, -0.15) is 0 Å². The second kappa shape index (κ2) is 7.52. The highest BCUT2D eigenvalue weighted by atomic mass is 32.1. The number of nitrogens with one attached hydrogen (secondary N) is 1. The van der Waals surface area contributed by atoms with E-state index in [-0.39, 0.29) is 5.91 Å². The number of benzene rings is 1. The zero-order valence-electron chi connectivity index (χ0n) is 12.5. The molecule has 1 aliphatic heterocycles. The van der Waals surface area contributed by atoms with Crippen LogP contribution in [-0.4, -0.2) is 35.4 Å². The van der Waals surface area contributed by atoms with Crippen LogP contribution in [0, 0.1) is 5.92 Å². The van der Waals surface area contributed by atoms with Crippen LogP contribution in [0.3, 0.4) is 0 Å². The molecule has 5 heteroatoms. The molecule has 1 aromatic carbocycles. The monoisotopic (exact) mass is 305 g/mol. The van der Waals surface area contributed by atoms with Gasteiger partial charge >= 0.3 is 0 Å². The van der Waals surface area contributed by atoms with Crippen molar-refractivity contribution in [1.29, 1.82) is 0 Å². The van der Waals surface area contributed by atoms with E-state index in [1.54, 1.807) is 0 Å². The molecule has 3 N–H and O–H groups in total. The van der Waals surface area contributed by atoms with Crippen molar-refractivity contribution in [1.82, 2.24) is 4.90 Å². The van der Waals surface area contributed by atoms with Crippen molar-refractivity contribution in [3.05, 3.63) is 29.8 Å². The summed E-state index contributed by atoms with van der Waals surface area (Å²) in [6.45, 7) is 5.29. The third-order valence-electron chi connectivity index (χ3n) is 4.00. The van der Waals surface area contributed by atoms with Crippen LogP contribution >= 0.6 is 12.2 Å². The molecule has 0 radical (unpaired) electrons. The fourth-order valence-electron chi connectivity index (χ4n) is 2.57. The average Bonchev–Trinajstić information content (AvgIpc) is 2.47. The predicted octanol–water partition coefficient (Wildman–Crippen LogP) is 2.38. The molecule has 1 amide bonds. The van der Waals surface area contributed by atoms with E-state index in [1.165, 1.54) is 12.8 Å². The van der Waals surface area contributed by atoms with Crippen LogP contribution in [0.15, 0.2) is 24.3 Å². The smallest absolute Gasteiger partial charge is 0.225 e. The first-order valence-electron chi connectivity index (χ1n) is 7.47. The molecule has 114 valence electrons. The fourth-order valence-corrected chi connectivity index (χ4v) is 2.74. The van der Waals surface area contributed by atoms with Crippen molar-refractivity contribution < 1.29 is 4.79 Å². The molecule has 0 aromatic heterocycles. The summed E-state index contributed by atoms with van der Waals surface area (Å²) in [5, 5.41) is 2.91. The van der Waals surface area contributed by atoms with Crippen molar-refractivity contribution in [2.75, 3.05) is 25.0 Å². The number of anilines is 1. The van der Waals surface area contributed by atoms with E-state index in [1.807, 2.05) is 24.3 Å². The molecule has 1 aromatic rings. The minimum atomic E-state index is 0.0114. The number of para-hydroxylation sites is 1. The van der Waals surface area contributed by atoms with Crippen molar-refractivity contribution in [3.8, 4) is 0 Å². The molecule has 0 spiro atoms. The van der Waals surface area contributed by atoms with Gasteiger partial charge in [0.1, 0.15) is 4.99 Å². The molecular formula is C16H23N3OS. The Hall–Kier alpha value is -1.46. The van der Waals surface area contributed by atoms with E-state index < -0.39 is 0 Å². The number of carbonyl (C=O) groups excluding carboxylic acids is 1. The summed E-state index contributed by atoms with van der Waals surface area (Å²) in [5.74, 6) is 0.824. The van der Waals surface area contributed by atoms with Crippen LogP contribution in [0.1, 0.15) is 31.7 Å². The highest BCUT2D eigenvalue weighted by Gasteiger charge is 2.16. The van der Waals surface area contributed by atoms with E-state index in [0.29, 0.717) is 22.7 Å². The standard InChI is InChI=1S/C16H23N3OS/c1-12-6-9-19(10-7-12)11-8-15(20)18-14-5-3-2-4-13(14)16(17)21/h2-5,12H,6-11H2,1H3,(H2,17,21)(H,18,20). The topological polar surface area (TPSA) is 58.4 Å². The van der Waals surface area contributed by atoms with Crippen LogP contribution in [0.25, 0.3) is 0 Å². The summed E-state index contributed by atoms with van der Waals surface area (Å²) in [6, 6.07) is 7.38. The lowest BCUT2D eigenvalue weighted by molar-refractivity contribution is -0.116. The van der Waals surface area contributed by atoms with Gasteiger partial charge in [0.15, 0.2) is 0 Å². The Labute approximate surface area is 131 Å². The summed E-state index contributed by atoms with van der Waals surface area (Å²) < 4.78 is 0. The Kier molecular flexibility index (Phi) is 5.70. The second-order valence-corrected chi connectivity index (χ2v) is 6.17. The first-order valence-corrected chi connectivity index (χ1v) is 7.88. The largest absolute Gasteiger partial charge is 0.389 e. The number of nitrogens with two attached hydrogens (primary N) is 1. The van der Waals surface area contributed by atoms with Crippen molar-refractivity contribution in [2.45, 2.75) is 26.2 Å². The van der Waals surface area contributed by atoms with Gasteiger partial charge in [-0.3, -0.25) is 4.79 Å². The lowest BCUT2D eigenvalue weighted by atomic mass is 9.99. The SMILES string of the molecule is CC1CCN(CCC(=O)Nc2ccccc2C(N)=S)CC1. The first kappa shape index (κ1) is 15.9. The number of thiocarbonyl (C=S) groups is 1. The van der Waals surface area contributed by atoms with Crippen LogP contribution in [0.4, 0.5) is 5.69 Å². The molecule has 4 nitrogen and oxygen atoms in total. The Morgan fingerprint density at radius 3 is 2.71 bits per heavy atom. The van der Waals surface area contributed by atoms with Gasteiger partial charge in [0, 0.05) is 18.5 Å². The highest BCUT2D eigenvalue weighted by molar-refractivity contribution is 7.80. The van der Waals surface area contributed by atoms with Crippen LogP contribution in [0.2, 0.25) is 0 Å². The van der Waals surface area contributed by atoms with Crippen LogP contribution in [0.5, 0.6) is 0 Å². The maximum atomic E-state index is 12.1. The van der Waals surface area contributed by atoms with Gasteiger partial charge in [0.2, 0.25) is 5.91 Å². The van der Waals surface area contributed by atoms with E-state index in [0.717, 1.165) is 25.6 Å². The van der Waals surface area contributed by atoms with Gasteiger partial charge in [-0.15, -0.1) is 0 Å². The number of piperidine rings is 1. The molecule has 1 aliphatic rings. The average molecular weight is 305 g/mol. The molecule has 0 atom stereocenters. The number of carbonyl (C=O) groups is 1. The van der Waals surface area contributed by atoms with Crippen LogP contribution < -0.4 is 11.1 Å². The van der Waals surface area contributed by atoms with Gasteiger partial charge in [-0.25, -0.2) is 0 Å². The first-order chi connectivity index (χ1) is 10.1. The quantitative estimate of drug-likeness (QED) is 0.820. The maximum Gasteiger partial charge on any atom is 0.225 e. The highest BCUT2D eigenvalue weighted by Crippen LogP contribution is 2.17. The van der Waals surface area contributed by atoms with Crippen molar-refractivity contribution >= 4 is 28.8 Å². The molecule has 1 fully saturated rings. The number of nitrogens with zero attached hydrogens (tertiary/aromatic N) is 1. The van der Waals surface area contributed by atoms with Crippen LogP contribution in [-0.2, 0) is 4.79 Å².